The standard InChI is InChI=1S/C9H15NO2/c1-2-8(1)5-10-9(12-6-8)3-4-11-7-9/h10H,1-7H2. The molecule has 3 fully saturated rings. The van der Waals surface area contributed by atoms with Gasteiger partial charge in [-0.05, 0) is 12.8 Å². The Bertz CT molecular complexity index is 183. The largest absolute Gasteiger partial charge is 0.377 e. The highest BCUT2D eigenvalue weighted by Gasteiger charge is 2.51. The van der Waals surface area contributed by atoms with Gasteiger partial charge in [-0.3, -0.25) is 5.32 Å². The Labute approximate surface area is 72.4 Å². The van der Waals surface area contributed by atoms with Gasteiger partial charge in [0.25, 0.3) is 0 Å². The predicted molar refractivity (Wildman–Crippen MR) is 43.8 cm³/mol. The van der Waals surface area contributed by atoms with Gasteiger partial charge in [0.05, 0.1) is 19.8 Å². The molecule has 0 aromatic heterocycles. The van der Waals surface area contributed by atoms with Crippen molar-refractivity contribution in [2.24, 2.45) is 5.41 Å². The van der Waals surface area contributed by atoms with Gasteiger partial charge in [0.15, 0.2) is 0 Å². The van der Waals surface area contributed by atoms with E-state index in [0.29, 0.717) is 5.41 Å². The second kappa shape index (κ2) is 2.22. The smallest absolute Gasteiger partial charge is 0.144 e. The van der Waals surface area contributed by atoms with Crippen LogP contribution in [0.2, 0.25) is 0 Å². The molecule has 3 aliphatic rings. The average molecular weight is 169 g/mol. The molecule has 0 bridgehead atoms. The van der Waals surface area contributed by atoms with Crippen molar-refractivity contribution in [3.63, 3.8) is 0 Å². The van der Waals surface area contributed by atoms with Gasteiger partial charge in [0.2, 0.25) is 0 Å². The maximum atomic E-state index is 5.87. The Kier molecular flexibility index (Phi) is 1.35. The van der Waals surface area contributed by atoms with E-state index < -0.39 is 0 Å². The van der Waals surface area contributed by atoms with Crippen LogP contribution in [0.5, 0.6) is 0 Å². The van der Waals surface area contributed by atoms with Gasteiger partial charge in [-0.2, -0.15) is 0 Å². The van der Waals surface area contributed by atoms with Crippen LogP contribution in [0.4, 0.5) is 0 Å². The minimum Gasteiger partial charge on any atom is -0.377 e. The molecule has 3 rings (SSSR count). The van der Waals surface area contributed by atoms with Crippen LogP contribution < -0.4 is 5.32 Å². The molecule has 1 atom stereocenters. The van der Waals surface area contributed by atoms with E-state index in [1.807, 2.05) is 0 Å². The molecule has 3 nitrogen and oxygen atoms in total. The van der Waals surface area contributed by atoms with Crippen LogP contribution in [-0.2, 0) is 9.47 Å². The highest BCUT2D eigenvalue weighted by molar-refractivity contribution is 5.01. The fourth-order valence-electron chi connectivity index (χ4n) is 2.04. The molecular formula is C9H15NO2. The lowest BCUT2D eigenvalue weighted by Gasteiger charge is -2.37. The van der Waals surface area contributed by atoms with E-state index in [1.165, 1.54) is 12.8 Å². The topological polar surface area (TPSA) is 30.5 Å². The number of ether oxygens (including phenoxy) is 2. The Hall–Kier alpha value is -0.120. The lowest BCUT2D eigenvalue weighted by molar-refractivity contribution is -0.121. The monoisotopic (exact) mass is 169 g/mol. The first-order valence-corrected chi connectivity index (χ1v) is 4.80. The number of hydrogen-bond acceptors (Lipinski definition) is 3. The van der Waals surface area contributed by atoms with Gasteiger partial charge in [-0.1, -0.05) is 0 Å². The van der Waals surface area contributed by atoms with Crippen LogP contribution in [0, 0.1) is 5.41 Å². The van der Waals surface area contributed by atoms with Crippen molar-refractivity contribution in [2.45, 2.75) is 25.0 Å². The van der Waals surface area contributed by atoms with E-state index in [9.17, 15) is 0 Å². The molecule has 2 heterocycles. The minimum absolute atomic E-state index is 0.103. The summed E-state index contributed by atoms with van der Waals surface area (Å²) in [5, 5.41) is 3.50. The lowest BCUT2D eigenvalue weighted by atomic mass is 10.0. The summed E-state index contributed by atoms with van der Waals surface area (Å²) in [5.41, 5.74) is 0.418. The van der Waals surface area contributed by atoms with E-state index in [0.717, 1.165) is 32.8 Å². The SMILES string of the molecule is C1CC2(CO1)NCC1(CC1)CO2. The van der Waals surface area contributed by atoms with Crippen molar-refractivity contribution in [3.05, 3.63) is 0 Å². The van der Waals surface area contributed by atoms with Gasteiger partial charge >= 0.3 is 0 Å². The molecule has 2 aliphatic heterocycles. The van der Waals surface area contributed by atoms with Crippen molar-refractivity contribution in [1.82, 2.24) is 5.32 Å². The first kappa shape index (κ1) is 7.30. The fraction of sp³-hybridized carbons (Fsp3) is 1.00. The summed E-state index contributed by atoms with van der Waals surface area (Å²) in [6.45, 7) is 3.67. The fourth-order valence-corrected chi connectivity index (χ4v) is 2.04. The van der Waals surface area contributed by atoms with Crippen molar-refractivity contribution < 1.29 is 9.47 Å². The summed E-state index contributed by atoms with van der Waals surface area (Å²) in [5.74, 6) is 0. The van der Waals surface area contributed by atoms with E-state index in [1.54, 1.807) is 0 Å². The molecule has 2 saturated heterocycles. The highest BCUT2D eigenvalue weighted by Crippen LogP contribution is 2.48. The van der Waals surface area contributed by atoms with Crippen LogP contribution in [0.3, 0.4) is 0 Å². The lowest BCUT2D eigenvalue weighted by Crippen LogP contribution is -2.56. The zero-order valence-corrected chi connectivity index (χ0v) is 7.27. The summed E-state index contributed by atoms with van der Waals surface area (Å²) in [6.07, 6.45) is 3.71. The Balaban J connectivity index is 1.69. The van der Waals surface area contributed by atoms with E-state index in [-0.39, 0.29) is 5.72 Å². The summed E-state index contributed by atoms with van der Waals surface area (Å²) < 4.78 is 11.2. The molecular weight excluding hydrogens is 154 g/mol. The van der Waals surface area contributed by atoms with Gasteiger partial charge < -0.3 is 9.47 Å². The zero-order chi connectivity index (χ0) is 8.07. The van der Waals surface area contributed by atoms with Crippen LogP contribution in [-0.4, -0.2) is 32.1 Å². The quantitative estimate of drug-likeness (QED) is 0.573. The van der Waals surface area contributed by atoms with Crippen molar-refractivity contribution in [2.75, 3.05) is 26.4 Å². The Morgan fingerprint density at radius 2 is 2.00 bits per heavy atom. The Morgan fingerprint density at radius 1 is 1.08 bits per heavy atom. The molecule has 0 radical (unpaired) electrons. The highest BCUT2D eigenvalue weighted by atomic mass is 16.6. The van der Waals surface area contributed by atoms with E-state index >= 15 is 0 Å². The minimum atomic E-state index is -0.103. The molecule has 1 N–H and O–H groups in total. The van der Waals surface area contributed by atoms with Gasteiger partial charge in [-0.15, -0.1) is 0 Å². The molecule has 2 spiro atoms. The summed E-state index contributed by atoms with van der Waals surface area (Å²) in [7, 11) is 0. The third-order valence-electron chi connectivity index (χ3n) is 3.38. The third-order valence-corrected chi connectivity index (χ3v) is 3.38. The van der Waals surface area contributed by atoms with Crippen LogP contribution in [0.15, 0.2) is 0 Å². The third kappa shape index (κ3) is 1.00. The average Bonchev–Trinajstić information content (AvgIpc) is 2.72. The molecule has 12 heavy (non-hydrogen) atoms. The maximum absolute atomic E-state index is 5.87. The molecule has 0 aromatic rings. The molecule has 68 valence electrons. The normalized spacial score (nSPS) is 44.0. The summed E-state index contributed by atoms with van der Waals surface area (Å²) in [6, 6.07) is 0. The maximum Gasteiger partial charge on any atom is 0.144 e. The number of hydrogen-bond donors (Lipinski definition) is 1. The van der Waals surface area contributed by atoms with Gasteiger partial charge in [0.1, 0.15) is 5.72 Å². The van der Waals surface area contributed by atoms with Crippen molar-refractivity contribution >= 4 is 0 Å². The van der Waals surface area contributed by atoms with Crippen LogP contribution in [0.25, 0.3) is 0 Å². The van der Waals surface area contributed by atoms with Crippen molar-refractivity contribution in [3.8, 4) is 0 Å². The van der Waals surface area contributed by atoms with Crippen LogP contribution in [0.1, 0.15) is 19.3 Å². The van der Waals surface area contributed by atoms with E-state index in [4.69, 9.17) is 9.47 Å². The number of rotatable bonds is 0. The Morgan fingerprint density at radius 3 is 2.50 bits per heavy atom. The molecule has 1 aliphatic carbocycles. The molecule has 1 unspecified atom stereocenters. The number of nitrogens with one attached hydrogen (secondary N) is 1. The summed E-state index contributed by atoms with van der Waals surface area (Å²) >= 11 is 0. The molecule has 1 saturated carbocycles. The van der Waals surface area contributed by atoms with Gasteiger partial charge in [0, 0.05) is 18.4 Å². The molecule has 3 heteroatoms. The zero-order valence-electron chi connectivity index (χ0n) is 7.27. The summed E-state index contributed by atoms with van der Waals surface area (Å²) in [4.78, 5) is 0. The first-order chi connectivity index (χ1) is 5.83. The predicted octanol–water partition coefficient (Wildman–Crippen LogP) is 0.503. The van der Waals surface area contributed by atoms with E-state index in [2.05, 4.69) is 5.32 Å². The molecule has 0 aromatic carbocycles. The second-order valence-corrected chi connectivity index (χ2v) is 4.44. The molecule has 0 amide bonds. The second-order valence-electron chi connectivity index (χ2n) is 4.44. The van der Waals surface area contributed by atoms with Gasteiger partial charge in [-0.25, -0.2) is 0 Å². The van der Waals surface area contributed by atoms with Crippen molar-refractivity contribution in [1.29, 1.82) is 0 Å². The first-order valence-electron chi connectivity index (χ1n) is 4.80. The van der Waals surface area contributed by atoms with Crippen LogP contribution >= 0.6 is 0 Å².